The predicted octanol–water partition coefficient (Wildman–Crippen LogP) is 2.75. The molecule has 0 aromatic rings. The highest BCUT2D eigenvalue weighted by molar-refractivity contribution is 5.14. The highest BCUT2D eigenvalue weighted by atomic mass is 14.2. The summed E-state index contributed by atoms with van der Waals surface area (Å²) in [5.74, 6) is 0.865. The lowest BCUT2D eigenvalue weighted by molar-refractivity contribution is 0.592. The minimum atomic E-state index is 0.865. The standard InChI is InChI=1S/C8H14/c1-3-7(2)8-5-4-6-8/h5,7H,3-4,6H2,1-2H3. The van der Waals surface area contributed by atoms with Crippen LogP contribution in [0.4, 0.5) is 0 Å². The van der Waals surface area contributed by atoms with E-state index in [9.17, 15) is 0 Å². The van der Waals surface area contributed by atoms with Crippen molar-refractivity contribution in [1.29, 1.82) is 0 Å². The van der Waals surface area contributed by atoms with Crippen molar-refractivity contribution in [1.82, 2.24) is 0 Å². The Morgan fingerprint density at radius 1 is 1.75 bits per heavy atom. The Hall–Kier alpha value is -0.260. The summed E-state index contributed by atoms with van der Waals surface area (Å²) >= 11 is 0. The fraction of sp³-hybridized carbons (Fsp3) is 0.750. The topological polar surface area (TPSA) is 0 Å². The van der Waals surface area contributed by atoms with Gasteiger partial charge in [0, 0.05) is 0 Å². The summed E-state index contributed by atoms with van der Waals surface area (Å²) in [6.45, 7) is 4.56. The second-order valence-electron chi connectivity index (χ2n) is 2.63. The SMILES string of the molecule is CCC(C)C1=CCC1. The summed E-state index contributed by atoms with van der Waals surface area (Å²) in [4.78, 5) is 0. The van der Waals surface area contributed by atoms with Gasteiger partial charge in [0.25, 0.3) is 0 Å². The number of hydrogen-bond donors (Lipinski definition) is 0. The largest absolute Gasteiger partial charge is 0.0847 e. The lowest BCUT2D eigenvalue weighted by Gasteiger charge is -2.19. The van der Waals surface area contributed by atoms with Gasteiger partial charge >= 0.3 is 0 Å². The Labute approximate surface area is 51.6 Å². The molecule has 0 bridgehead atoms. The van der Waals surface area contributed by atoms with Crippen LogP contribution in [0.3, 0.4) is 0 Å². The van der Waals surface area contributed by atoms with E-state index in [0.717, 1.165) is 5.92 Å². The minimum Gasteiger partial charge on any atom is -0.0847 e. The van der Waals surface area contributed by atoms with E-state index in [1.807, 2.05) is 0 Å². The third-order valence-corrected chi connectivity index (χ3v) is 2.08. The molecule has 0 aliphatic heterocycles. The first-order valence-electron chi connectivity index (χ1n) is 3.53. The second-order valence-corrected chi connectivity index (χ2v) is 2.63. The van der Waals surface area contributed by atoms with E-state index in [1.54, 1.807) is 5.57 Å². The molecule has 0 heteroatoms. The Balaban J connectivity index is 2.34. The van der Waals surface area contributed by atoms with Crippen LogP contribution in [0.2, 0.25) is 0 Å². The molecule has 0 fully saturated rings. The Kier molecular flexibility index (Phi) is 1.72. The Morgan fingerprint density at radius 3 is 2.50 bits per heavy atom. The Bertz CT molecular complexity index is 101. The third-order valence-electron chi connectivity index (χ3n) is 2.08. The lowest BCUT2D eigenvalue weighted by atomic mass is 9.87. The van der Waals surface area contributed by atoms with Crippen LogP contribution in [0.15, 0.2) is 11.6 Å². The lowest BCUT2D eigenvalue weighted by Crippen LogP contribution is -2.03. The van der Waals surface area contributed by atoms with Gasteiger partial charge in [0.15, 0.2) is 0 Å². The van der Waals surface area contributed by atoms with Gasteiger partial charge in [-0.2, -0.15) is 0 Å². The van der Waals surface area contributed by atoms with Crippen molar-refractivity contribution in [3.05, 3.63) is 11.6 Å². The fourth-order valence-corrected chi connectivity index (χ4v) is 1.02. The molecule has 46 valence electrons. The normalized spacial score (nSPS) is 21.5. The maximum absolute atomic E-state index is 2.37. The van der Waals surface area contributed by atoms with Crippen LogP contribution in [0.25, 0.3) is 0 Å². The van der Waals surface area contributed by atoms with Crippen LogP contribution in [-0.2, 0) is 0 Å². The van der Waals surface area contributed by atoms with Gasteiger partial charge in [-0.15, -0.1) is 0 Å². The molecule has 0 radical (unpaired) electrons. The third kappa shape index (κ3) is 0.936. The molecular weight excluding hydrogens is 96.1 g/mol. The van der Waals surface area contributed by atoms with Crippen molar-refractivity contribution in [3.63, 3.8) is 0 Å². The van der Waals surface area contributed by atoms with E-state index in [4.69, 9.17) is 0 Å². The molecule has 1 rings (SSSR count). The van der Waals surface area contributed by atoms with Gasteiger partial charge in [0.1, 0.15) is 0 Å². The van der Waals surface area contributed by atoms with Gasteiger partial charge in [-0.05, 0) is 25.2 Å². The summed E-state index contributed by atoms with van der Waals surface area (Å²) in [5.41, 5.74) is 1.69. The second kappa shape index (κ2) is 2.34. The maximum Gasteiger partial charge on any atom is -0.0234 e. The molecule has 0 N–H and O–H groups in total. The van der Waals surface area contributed by atoms with E-state index in [1.165, 1.54) is 19.3 Å². The molecular formula is C8H14. The molecule has 8 heavy (non-hydrogen) atoms. The van der Waals surface area contributed by atoms with Gasteiger partial charge in [-0.25, -0.2) is 0 Å². The average Bonchev–Trinajstić information content (AvgIpc) is 1.62. The first kappa shape index (κ1) is 5.87. The average molecular weight is 110 g/mol. The molecule has 0 aromatic carbocycles. The number of rotatable bonds is 2. The van der Waals surface area contributed by atoms with Crippen LogP contribution in [0.1, 0.15) is 33.1 Å². The van der Waals surface area contributed by atoms with Crippen molar-refractivity contribution in [3.8, 4) is 0 Å². The highest BCUT2D eigenvalue weighted by Gasteiger charge is 2.10. The molecule has 1 aliphatic carbocycles. The zero-order valence-corrected chi connectivity index (χ0v) is 5.78. The molecule has 0 saturated carbocycles. The molecule has 1 unspecified atom stereocenters. The smallest absolute Gasteiger partial charge is 0.0234 e. The molecule has 0 heterocycles. The monoisotopic (exact) mass is 110 g/mol. The zero-order chi connectivity index (χ0) is 5.98. The van der Waals surface area contributed by atoms with Gasteiger partial charge in [0.05, 0.1) is 0 Å². The number of allylic oxidation sites excluding steroid dienone is 2. The summed E-state index contributed by atoms with van der Waals surface area (Å²) < 4.78 is 0. The van der Waals surface area contributed by atoms with E-state index in [2.05, 4.69) is 19.9 Å². The van der Waals surface area contributed by atoms with Crippen LogP contribution in [-0.4, -0.2) is 0 Å². The molecule has 0 aromatic heterocycles. The van der Waals surface area contributed by atoms with Crippen LogP contribution in [0.5, 0.6) is 0 Å². The maximum atomic E-state index is 2.37. The van der Waals surface area contributed by atoms with E-state index in [-0.39, 0.29) is 0 Å². The molecule has 0 nitrogen and oxygen atoms in total. The predicted molar refractivity (Wildman–Crippen MR) is 36.8 cm³/mol. The summed E-state index contributed by atoms with van der Waals surface area (Å²) in [7, 11) is 0. The Morgan fingerprint density at radius 2 is 2.38 bits per heavy atom. The quantitative estimate of drug-likeness (QED) is 0.479. The summed E-state index contributed by atoms with van der Waals surface area (Å²) in [5, 5.41) is 0. The summed E-state index contributed by atoms with van der Waals surface area (Å²) in [6, 6.07) is 0. The molecule has 0 amide bonds. The van der Waals surface area contributed by atoms with Crippen LogP contribution >= 0.6 is 0 Å². The van der Waals surface area contributed by atoms with E-state index < -0.39 is 0 Å². The molecule has 0 spiro atoms. The number of hydrogen-bond acceptors (Lipinski definition) is 0. The van der Waals surface area contributed by atoms with Crippen molar-refractivity contribution in [2.75, 3.05) is 0 Å². The molecule has 1 aliphatic rings. The summed E-state index contributed by atoms with van der Waals surface area (Å²) in [6.07, 6.45) is 6.38. The van der Waals surface area contributed by atoms with Crippen molar-refractivity contribution in [2.24, 2.45) is 5.92 Å². The highest BCUT2D eigenvalue weighted by Crippen LogP contribution is 2.27. The van der Waals surface area contributed by atoms with Crippen LogP contribution < -0.4 is 0 Å². The van der Waals surface area contributed by atoms with Crippen LogP contribution in [0, 0.1) is 5.92 Å². The first-order chi connectivity index (χ1) is 3.84. The van der Waals surface area contributed by atoms with Gasteiger partial charge in [-0.1, -0.05) is 25.5 Å². The molecule has 0 saturated heterocycles. The fourth-order valence-electron chi connectivity index (χ4n) is 1.02. The van der Waals surface area contributed by atoms with Crippen molar-refractivity contribution < 1.29 is 0 Å². The first-order valence-corrected chi connectivity index (χ1v) is 3.53. The van der Waals surface area contributed by atoms with Gasteiger partial charge in [0.2, 0.25) is 0 Å². The van der Waals surface area contributed by atoms with E-state index in [0.29, 0.717) is 0 Å². The van der Waals surface area contributed by atoms with Gasteiger partial charge < -0.3 is 0 Å². The minimum absolute atomic E-state index is 0.865. The van der Waals surface area contributed by atoms with E-state index >= 15 is 0 Å². The van der Waals surface area contributed by atoms with Crippen molar-refractivity contribution in [2.45, 2.75) is 33.1 Å². The van der Waals surface area contributed by atoms with Crippen molar-refractivity contribution >= 4 is 0 Å². The van der Waals surface area contributed by atoms with Gasteiger partial charge in [-0.3, -0.25) is 0 Å². The molecule has 1 atom stereocenters. The zero-order valence-electron chi connectivity index (χ0n) is 5.78.